The number of rotatable bonds is 4. The Morgan fingerprint density at radius 1 is 1.44 bits per heavy atom. The van der Waals surface area contributed by atoms with Crippen LogP contribution < -0.4 is 5.32 Å². The highest BCUT2D eigenvalue weighted by atomic mass is 19.1. The fourth-order valence-corrected chi connectivity index (χ4v) is 1.47. The number of aromatic amines is 1. The average molecular weight is 220 g/mol. The van der Waals surface area contributed by atoms with Crippen LogP contribution in [0.15, 0.2) is 30.7 Å². The molecule has 0 fully saturated rings. The van der Waals surface area contributed by atoms with E-state index in [1.54, 1.807) is 18.5 Å². The second kappa shape index (κ2) is 4.74. The average Bonchev–Trinajstić information content (AvgIpc) is 2.82. The summed E-state index contributed by atoms with van der Waals surface area (Å²) in [6.45, 7) is 2.05. The van der Waals surface area contributed by atoms with Crippen LogP contribution in [0.1, 0.15) is 25.2 Å². The van der Waals surface area contributed by atoms with Crippen LogP contribution in [0.3, 0.4) is 0 Å². The number of hydrogen-bond donors (Lipinski definition) is 2. The maximum atomic E-state index is 12.7. The van der Waals surface area contributed by atoms with Crippen molar-refractivity contribution in [3.63, 3.8) is 0 Å². The van der Waals surface area contributed by atoms with E-state index in [-0.39, 0.29) is 11.9 Å². The maximum absolute atomic E-state index is 12.7. The SMILES string of the molecule is CCC(Nc1ccc(F)cn1)c1ncc[nH]1. The van der Waals surface area contributed by atoms with E-state index in [9.17, 15) is 4.39 Å². The first-order chi connectivity index (χ1) is 7.79. The number of aromatic nitrogens is 3. The van der Waals surface area contributed by atoms with Crippen molar-refractivity contribution in [2.24, 2.45) is 0 Å². The lowest BCUT2D eigenvalue weighted by molar-refractivity contribution is 0.620. The molecule has 0 saturated carbocycles. The second-order valence-corrected chi connectivity index (χ2v) is 3.44. The van der Waals surface area contributed by atoms with Gasteiger partial charge in [0.05, 0.1) is 12.2 Å². The molecular weight excluding hydrogens is 207 g/mol. The highest BCUT2D eigenvalue weighted by Crippen LogP contribution is 2.17. The van der Waals surface area contributed by atoms with E-state index in [1.165, 1.54) is 12.3 Å². The third-order valence-corrected chi connectivity index (χ3v) is 2.31. The van der Waals surface area contributed by atoms with Gasteiger partial charge < -0.3 is 10.3 Å². The molecule has 0 bridgehead atoms. The smallest absolute Gasteiger partial charge is 0.141 e. The molecule has 1 unspecified atom stereocenters. The fraction of sp³-hybridized carbons (Fsp3) is 0.273. The van der Waals surface area contributed by atoms with Crippen molar-refractivity contribution in [2.75, 3.05) is 5.32 Å². The van der Waals surface area contributed by atoms with Crippen LogP contribution in [-0.4, -0.2) is 15.0 Å². The molecule has 0 spiro atoms. The van der Waals surface area contributed by atoms with E-state index in [2.05, 4.69) is 20.3 Å². The summed E-state index contributed by atoms with van der Waals surface area (Å²) in [5, 5.41) is 3.19. The van der Waals surface area contributed by atoms with E-state index in [0.717, 1.165) is 12.2 Å². The summed E-state index contributed by atoms with van der Waals surface area (Å²) >= 11 is 0. The quantitative estimate of drug-likeness (QED) is 0.832. The molecular formula is C11H13FN4. The minimum Gasteiger partial charge on any atom is -0.360 e. The summed E-state index contributed by atoms with van der Waals surface area (Å²) < 4.78 is 12.7. The van der Waals surface area contributed by atoms with E-state index in [1.807, 2.05) is 6.92 Å². The van der Waals surface area contributed by atoms with Crippen LogP contribution in [0.4, 0.5) is 10.2 Å². The van der Waals surface area contributed by atoms with Crippen molar-refractivity contribution in [1.29, 1.82) is 0 Å². The first-order valence-electron chi connectivity index (χ1n) is 5.17. The summed E-state index contributed by atoms with van der Waals surface area (Å²) in [5.41, 5.74) is 0. The molecule has 0 saturated heterocycles. The Kier molecular flexibility index (Phi) is 3.14. The molecule has 16 heavy (non-hydrogen) atoms. The van der Waals surface area contributed by atoms with E-state index >= 15 is 0 Å². The first-order valence-corrected chi connectivity index (χ1v) is 5.17. The van der Waals surface area contributed by atoms with Gasteiger partial charge in [0.1, 0.15) is 17.5 Å². The summed E-state index contributed by atoms with van der Waals surface area (Å²) in [6.07, 6.45) is 5.54. The lowest BCUT2D eigenvalue weighted by Crippen LogP contribution is -2.12. The predicted octanol–water partition coefficient (Wildman–Crippen LogP) is 2.51. The lowest BCUT2D eigenvalue weighted by Gasteiger charge is -2.14. The molecule has 2 N–H and O–H groups in total. The van der Waals surface area contributed by atoms with Crippen LogP contribution in [0.25, 0.3) is 0 Å². The number of nitrogens with one attached hydrogen (secondary N) is 2. The minimum atomic E-state index is -0.336. The summed E-state index contributed by atoms with van der Waals surface area (Å²) in [4.78, 5) is 11.2. The predicted molar refractivity (Wildman–Crippen MR) is 59.4 cm³/mol. The molecule has 4 nitrogen and oxygen atoms in total. The molecule has 2 aromatic rings. The van der Waals surface area contributed by atoms with Gasteiger partial charge in [0.15, 0.2) is 0 Å². The number of halogens is 1. The number of pyridine rings is 1. The normalized spacial score (nSPS) is 12.4. The van der Waals surface area contributed by atoms with Crippen LogP contribution in [0.5, 0.6) is 0 Å². The topological polar surface area (TPSA) is 53.6 Å². The Morgan fingerprint density at radius 2 is 2.31 bits per heavy atom. The van der Waals surface area contributed by atoms with Gasteiger partial charge in [-0.05, 0) is 18.6 Å². The Bertz CT molecular complexity index is 424. The van der Waals surface area contributed by atoms with Gasteiger partial charge >= 0.3 is 0 Å². The number of nitrogens with zero attached hydrogens (tertiary/aromatic N) is 2. The van der Waals surface area contributed by atoms with Crippen LogP contribution in [0.2, 0.25) is 0 Å². The molecule has 0 aliphatic heterocycles. The molecule has 0 radical (unpaired) electrons. The zero-order valence-electron chi connectivity index (χ0n) is 8.94. The van der Waals surface area contributed by atoms with E-state index < -0.39 is 0 Å². The van der Waals surface area contributed by atoms with Gasteiger partial charge in [-0.25, -0.2) is 14.4 Å². The second-order valence-electron chi connectivity index (χ2n) is 3.44. The van der Waals surface area contributed by atoms with Crippen molar-refractivity contribution in [3.8, 4) is 0 Å². The number of H-pyrrole nitrogens is 1. The summed E-state index contributed by atoms with van der Waals surface area (Å²) in [5.74, 6) is 1.16. The van der Waals surface area contributed by atoms with Crippen molar-refractivity contribution < 1.29 is 4.39 Å². The van der Waals surface area contributed by atoms with Gasteiger partial charge in [-0.2, -0.15) is 0 Å². The third-order valence-electron chi connectivity index (χ3n) is 2.31. The Labute approximate surface area is 92.9 Å². The fourth-order valence-electron chi connectivity index (χ4n) is 1.47. The van der Waals surface area contributed by atoms with Gasteiger partial charge in [0.2, 0.25) is 0 Å². The third kappa shape index (κ3) is 2.36. The van der Waals surface area contributed by atoms with Gasteiger partial charge in [0.25, 0.3) is 0 Å². The minimum absolute atomic E-state index is 0.0629. The Morgan fingerprint density at radius 3 is 2.88 bits per heavy atom. The molecule has 0 aliphatic carbocycles. The van der Waals surface area contributed by atoms with Crippen LogP contribution in [0, 0.1) is 5.82 Å². The van der Waals surface area contributed by atoms with E-state index in [0.29, 0.717) is 5.82 Å². The van der Waals surface area contributed by atoms with Crippen molar-refractivity contribution in [2.45, 2.75) is 19.4 Å². The number of imidazole rings is 1. The number of anilines is 1. The van der Waals surface area contributed by atoms with E-state index in [4.69, 9.17) is 0 Å². The van der Waals surface area contributed by atoms with Gasteiger partial charge in [-0.15, -0.1) is 0 Å². The highest BCUT2D eigenvalue weighted by molar-refractivity contribution is 5.35. The molecule has 5 heteroatoms. The molecule has 0 amide bonds. The molecule has 2 heterocycles. The Balaban J connectivity index is 2.10. The van der Waals surface area contributed by atoms with Crippen LogP contribution in [-0.2, 0) is 0 Å². The number of hydrogen-bond acceptors (Lipinski definition) is 3. The molecule has 84 valence electrons. The molecule has 2 aromatic heterocycles. The van der Waals surface area contributed by atoms with Crippen molar-refractivity contribution in [1.82, 2.24) is 15.0 Å². The summed E-state index contributed by atoms with van der Waals surface area (Å²) in [7, 11) is 0. The zero-order chi connectivity index (χ0) is 11.4. The molecule has 1 atom stereocenters. The van der Waals surface area contributed by atoms with Gasteiger partial charge in [0, 0.05) is 12.4 Å². The van der Waals surface area contributed by atoms with Crippen LogP contribution >= 0.6 is 0 Å². The Hall–Kier alpha value is -1.91. The van der Waals surface area contributed by atoms with Gasteiger partial charge in [-0.1, -0.05) is 6.92 Å². The first kappa shape index (κ1) is 10.6. The monoisotopic (exact) mass is 220 g/mol. The lowest BCUT2D eigenvalue weighted by atomic mass is 10.2. The van der Waals surface area contributed by atoms with Crippen molar-refractivity contribution in [3.05, 3.63) is 42.4 Å². The maximum Gasteiger partial charge on any atom is 0.141 e. The molecule has 0 aromatic carbocycles. The zero-order valence-corrected chi connectivity index (χ0v) is 8.94. The van der Waals surface area contributed by atoms with Gasteiger partial charge in [-0.3, -0.25) is 0 Å². The standard InChI is InChI=1S/C11H13FN4/c1-2-9(11-13-5-6-14-11)16-10-4-3-8(12)7-15-10/h3-7,9H,2H2,1H3,(H,13,14)(H,15,16). The van der Waals surface area contributed by atoms with Crippen molar-refractivity contribution >= 4 is 5.82 Å². The molecule has 2 rings (SSSR count). The molecule has 0 aliphatic rings. The highest BCUT2D eigenvalue weighted by Gasteiger charge is 2.11. The largest absolute Gasteiger partial charge is 0.360 e. The summed E-state index contributed by atoms with van der Waals surface area (Å²) in [6, 6.07) is 3.05.